The van der Waals surface area contributed by atoms with E-state index in [9.17, 15) is 4.79 Å². The van der Waals surface area contributed by atoms with Crippen LogP contribution in [0.5, 0.6) is 0 Å². The number of benzene rings is 1. The molecule has 0 aliphatic heterocycles. The summed E-state index contributed by atoms with van der Waals surface area (Å²) in [7, 11) is 0. The van der Waals surface area contributed by atoms with Gasteiger partial charge in [-0.15, -0.1) is 0 Å². The minimum absolute atomic E-state index is 0.0114. The first kappa shape index (κ1) is 15.5. The molecule has 0 saturated carbocycles. The van der Waals surface area contributed by atoms with Crippen LogP contribution in [0, 0.1) is 6.92 Å². The van der Waals surface area contributed by atoms with E-state index in [1.54, 1.807) is 18.5 Å². The summed E-state index contributed by atoms with van der Waals surface area (Å²) in [5.41, 5.74) is 2.91. The summed E-state index contributed by atoms with van der Waals surface area (Å²) >= 11 is 5.89. The predicted molar refractivity (Wildman–Crippen MR) is 85.4 cm³/mol. The molecule has 0 bridgehead atoms. The topological polar surface area (TPSA) is 54.0 Å². The lowest BCUT2D eigenvalue weighted by molar-refractivity contribution is -0.116. The number of carbonyl (C=O) groups is 1. The van der Waals surface area contributed by atoms with E-state index >= 15 is 0 Å². The molecule has 1 heterocycles. The molecule has 21 heavy (non-hydrogen) atoms. The van der Waals surface area contributed by atoms with E-state index in [0.717, 1.165) is 23.4 Å². The highest BCUT2D eigenvalue weighted by Gasteiger charge is 2.05. The van der Waals surface area contributed by atoms with Crippen molar-refractivity contribution in [1.29, 1.82) is 0 Å². The van der Waals surface area contributed by atoms with Gasteiger partial charge >= 0.3 is 0 Å². The van der Waals surface area contributed by atoms with Crippen molar-refractivity contribution < 1.29 is 4.79 Å². The SMILES string of the molecule is Cc1cc(Cl)ccc1NC(=O)CCNCc1ccncc1. The molecular formula is C16H18ClN3O. The van der Waals surface area contributed by atoms with Crippen LogP contribution in [0.2, 0.25) is 5.02 Å². The molecule has 4 nitrogen and oxygen atoms in total. The Kier molecular flexibility index (Phi) is 5.72. The van der Waals surface area contributed by atoms with E-state index in [1.165, 1.54) is 0 Å². The van der Waals surface area contributed by atoms with Gasteiger partial charge < -0.3 is 10.6 Å². The second-order valence-electron chi connectivity index (χ2n) is 4.79. The standard InChI is InChI=1S/C16H18ClN3O/c1-12-10-14(17)2-3-15(12)20-16(21)6-9-19-11-13-4-7-18-8-5-13/h2-5,7-8,10,19H,6,9,11H2,1H3,(H,20,21). The van der Waals surface area contributed by atoms with Crippen molar-refractivity contribution in [3.05, 3.63) is 58.9 Å². The molecular weight excluding hydrogens is 286 g/mol. The van der Waals surface area contributed by atoms with Gasteiger partial charge in [0, 0.05) is 42.6 Å². The van der Waals surface area contributed by atoms with Crippen LogP contribution >= 0.6 is 11.6 Å². The Morgan fingerprint density at radius 2 is 2.00 bits per heavy atom. The molecule has 1 aromatic heterocycles. The van der Waals surface area contributed by atoms with Crippen LogP contribution in [-0.2, 0) is 11.3 Å². The van der Waals surface area contributed by atoms with Crippen molar-refractivity contribution >= 4 is 23.2 Å². The molecule has 0 atom stereocenters. The van der Waals surface area contributed by atoms with Crippen LogP contribution in [0.4, 0.5) is 5.69 Å². The van der Waals surface area contributed by atoms with Crippen LogP contribution in [0.3, 0.4) is 0 Å². The smallest absolute Gasteiger partial charge is 0.225 e. The Bertz CT molecular complexity index is 602. The monoisotopic (exact) mass is 303 g/mol. The van der Waals surface area contributed by atoms with E-state index in [0.29, 0.717) is 18.0 Å². The van der Waals surface area contributed by atoms with Crippen LogP contribution in [0.25, 0.3) is 0 Å². The lowest BCUT2D eigenvalue weighted by Crippen LogP contribution is -2.21. The number of nitrogens with one attached hydrogen (secondary N) is 2. The Hall–Kier alpha value is -1.91. The number of pyridine rings is 1. The minimum Gasteiger partial charge on any atom is -0.326 e. The van der Waals surface area contributed by atoms with Crippen molar-refractivity contribution in [2.75, 3.05) is 11.9 Å². The Morgan fingerprint density at radius 3 is 2.71 bits per heavy atom. The average Bonchev–Trinajstić information content (AvgIpc) is 2.48. The quantitative estimate of drug-likeness (QED) is 0.806. The third-order valence-corrected chi connectivity index (χ3v) is 3.30. The van der Waals surface area contributed by atoms with E-state index in [2.05, 4.69) is 15.6 Å². The minimum atomic E-state index is -0.0114. The van der Waals surface area contributed by atoms with Crippen molar-refractivity contribution in [3.63, 3.8) is 0 Å². The third kappa shape index (κ3) is 5.17. The number of hydrogen-bond donors (Lipinski definition) is 2. The number of halogens is 1. The van der Waals surface area contributed by atoms with Crippen molar-refractivity contribution in [3.8, 4) is 0 Å². The summed E-state index contributed by atoms with van der Waals surface area (Å²) in [6.07, 6.45) is 3.94. The number of anilines is 1. The summed E-state index contributed by atoms with van der Waals surface area (Å²) in [5, 5.41) is 6.79. The fourth-order valence-corrected chi connectivity index (χ4v) is 2.14. The summed E-state index contributed by atoms with van der Waals surface area (Å²) < 4.78 is 0. The Balaban J connectivity index is 1.72. The number of aryl methyl sites for hydroxylation is 1. The molecule has 1 amide bonds. The van der Waals surface area contributed by atoms with Gasteiger partial charge in [-0.3, -0.25) is 9.78 Å². The molecule has 0 radical (unpaired) electrons. The van der Waals surface area contributed by atoms with Gasteiger partial charge in [0.1, 0.15) is 0 Å². The van der Waals surface area contributed by atoms with Crippen molar-refractivity contribution in [2.45, 2.75) is 19.9 Å². The maximum atomic E-state index is 11.9. The zero-order chi connectivity index (χ0) is 15.1. The van der Waals surface area contributed by atoms with Crippen molar-refractivity contribution in [1.82, 2.24) is 10.3 Å². The summed E-state index contributed by atoms with van der Waals surface area (Å²) in [6, 6.07) is 9.32. The second kappa shape index (κ2) is 7.76. The van der Waals surface area contributed by atoms with Gasteiger partial charge in [-0.1, -0.05) is 11.6 Å². The first-order valence-corrected chi connectivity index (χ1v) is 7.18. The number of amides is 1. The molecule has 0 saturated heterocycles. The molecule has 2 N–H and O–H groups in total. The molecule has 2 rings (SSSR count). The number of rotatable bonds is 6. The maximum Gasteiger partial charge on any atom is 0.225 e. The molecule has 0 aliphatic rings. The lowest BCUT2D eigenvalue weighted by Gasteiger charge is -2.09. The number of nitrogens with zero attached hydrogens (tertiary/aromatic N) is 1. The fraction of sp³-hybridized carbons (Fsp3) is 0.250. The highest BCUT2D eigenvalue weighted by Crippen LogP contribution is 2.19. The highest BCUT2D eigenvalue weighted by atomic mass is 35.5. The largest absolute Gasteiger partial charge is 0.326 e. The molecule has 0 fully saturated rings. The van der Waals surface area contributed by atoms with Gasteiger partial charge in [0.05, 0.1) is 0 Å². The first-order chi connectivity index (χ1) is 10.1. The van der Waals surface area contributed by atoms with Gasteiger partial charge in [0.15, 0.2) is 0 Å². The summed E-state index contributed by atoms with van der Waals surface area (Å²) in [4.78, 5) is 15.8. The van der Waals surface area contributed by atoms with Gasteiger partial charge in [-0.25, -0.2) is 0 Å². The average molecular weight is 304 g/mol. The number of hydrogen-bond acceptors (Lipinski definition) is 3. The predicted octanol–water partition coefficient (Wildman–Crippen LogP) is 3.16. The molecule has 1 aromatic carbocycles. The highest BCUT2D eigenvalue weighted by molar-refractivity contribution is 6.30. The van der Waals surface area contributed by atoms with E-state index < -0.39 is 0 Å². The molecule has 0 unspecified atom stereocenters. The van der Waals surface area contributed by atoms with Crippen LogP contribution in [0.15, 0.2) is 42.7 Å². The van der Waals surface area contributed by atoms with Gasteiger partial charge in [0.25, 0.3) is 0 Å². The lowest BCUT2D eigenvalue weighted by atomic mass is 10.2. The fourth-order valence-electron chi connectivity index (χ4n) is 1.92. The number of aromatic nitrogens is 1. The van der Waals surface area contributed by atoms with E-state index in [4.69, 9.17) is 11.6 Å². The Morgan fingerprint density at radius 1 is 1.24 bits per heavy atom. The van der Waals surface area contributed by atoms with Crippen molar-refractivity contribution in [2.24, 2.45) is 0 Å². The third-order valence-electron chi connectivity index (χ3n) is 3.07. The summed E-state index contributed by atoms with van der Waals surface area (Å²) in [5.74, 6) is -0.0114. The normalized spacial score (nSPS) is 10.4. The van der Waals surface area contributed by atoms with E-state index in [-0.39, 0.29) is 5.91 Å². The van der Waals surface area contributed by atoms with Gasteiger partial charge in [-0.2, -0.15) is 0 Å². The van der Waals surface area contributed by atoms with Crippen LogP contribution < -0.4 is 10.6 Å². The van der Waals surface area contributed by atoms with Gasteiger partial charge in [0.2, 0.25) is 5.91 Å². The molecule has 0 spiro atoms. The Labute approximate surface area is 129 Å². The zero-order valence-corrected chi connectivity index (χ0v) is 12.7. The first-order valence-electron chi connectivity index (χ1n) is 6.81. The molecule has 5 heteroatoms. The van der Waals surface area contributed by atoms with E-state index in [1.807, 2.05) is 31.2 Å². The van der Waals surface area contributed by atoms with Gasteiger partial charge in [-0.05, 0) is 48.4 Å². The maximum absolute atomic E-state index is 11.9. The molecule has 2 aromatic rings. The zero-order valence-electron chi connectivity index (χ0n) is 11.9. The molecule has 110 valence electrons. The van der Waals surface area contributed by atoms with Crippen LogP contribution in [0.1, 0.15) is 17.5 Å². The number of carbonyl (C=O) groups excluding carboxylic acids is 1. The summed E-state index contributed by atoms with van der Waals surface area (Å²) in [6.45, 7) is 3.28. The molecule has 0 aliphatic carbocycles. The van der Waals surface area contributed by atoms with Crippen LogP contribution in [-0.4, -0.2) is 17.4 Å². The second-order valence-corrected chi connectivity index (χ2v) is 5.23.